The van der Waals surface area contributed by atoms with Gasteiger partial charge in [0, 0.05) is 31.7 Å². The van der Waals surface area contributed by atoms with E-state index in [9.17, 15) is 34.5 Å². The largest absolute Gasteiger partial charge is 0.475 e. The van der Waals surface area contributed by atoms with E-state index in [2.05, 4.69) is 15.0 Å². The highest BCUT2D eigenvalue weighted by Crippen LogP contribution is 2.17. The quantitative estimate of drug-likeness (QED) is 0.0315. The number of rotatable bonds is 19. The van der Waals surface area contributed by atoms with Crippen molar-refractivity contribution in [3.8, 4) is 0 Å². The lowest BCUT2D eigenvalue weighted by Crippen LogP contribution is -2.49. The van der Waals surface area contributed by atoms with Crippen LogP contribution in [0.3, 0.4) is 0 Å². The Kier molecular flexibility index (Phi) is 17.1. The number of guanidine groups is 1. The molecule has 0 radical (unpaired) electrons. The van der Waals surface area contributed by atoms with Crippen LogP contribution in [0.1, 0.15) is 78.1 Å². The molecule has 0 aromatic carbocycles. The van der Waals surface area contributed by atoms with Gasteiger partial charge in [0.1, 0.15) is 5.78 Å². The number of nitrogens with two attached hydrogens (primary N) is 1. The Morgan fingerprint density at radius 3 is 2.29 bits per heavy atom. The van der Waals surface area contributed by atoms with Crippen molar-refractivity contribution >= 4 is 30.7 Å². The summed E-state index contributed by atoms with van der Waals surface area (Å²) < 4.78 is 4.58. The number of hydrogen-bond donors (Lipinski definition) is 5. The second-order valence-corrected chi connectivity index (χ2v) is 8.87. The number of ketones is 1. The molecule has 0 unspecified atom stereocenters. The second kappa shape index (κ2) is 18.6. The number of nitrogens with zero attached hydrogens (tertiary/aromatic N) is 2. The zero-order chi connectivity index (χ0) is 26.8. The molecule has 0 aromatic rings. The Hall–Kier alpha value is -2.74. The maximum absolute atomic E-state index is 12.9. The molecule has 0 aromatic heterocycles. The Labute approximate surface area is 206 Å². The van der Waals surface area contributed by atoms with E-state index in [4.69, 9.17) is 5.73 Å². The average Bonchev–Trinajstić information content (AvgIpc) is 2.76. The van der Waals surface area contributed by atoms with Crippen molar-refractivity contribution in [3.05, 3.63) is 10.1 Å². The molecule has 14 heteroatoms. The summed E-state index contributed by atoms with van der Waals surface area (Å²) in [6.45, 7) is 3.88. The number of methoxy groups -OCH3 is 1. The third kappa shape index (κ3) is 17.4. The number of hydrazine groups is 1. The van der Waals surface area contributed by atoms with Crippen LogP contribution in [0.5, 0.6) is 0 Å². The number of amides is 1. The van der Waals surface area contributed by atoms with E-state index in [0.29, 0.717) is 32.1 Å². The van der Waals surface area contributed by atoms with E-state index in [0.717, 1.165) is 12.8 Å². The fourth-order valence-corrected chi connectivity index (χ4v) is 3.48. The van der Waals surface area contributed by atoms with E-state index >= 15 is 0 Å². The first-order chi connectivity index (χ1) is 16.5. The number of hydrogen-bond acceptors (Lipinski definition) is 9. The topological polar surface area (TPSA) is 206 Å². The van der Waals surface area contributed by atoms with Gasteiger partial charge in [-0.05, 0) is 38.0 Å². The Balaban J connectivity index is 4.87. The monoisotopic (exact) mass is 501 g/mol. The Bertz CT molecular complexity index is 705. The summed E-state index contributed by atoms with van der Waals surface area (Å²) >= 11 is 0. The fraction of sp³-hybridized carbons (Fsp3) is 0.810. The van der Waals surface area contributed by atoms with Gasteiger partial charge >= 0.3 is 13.1 Å². The molecule has 0 saturated carbocycles. The molecule has 2 atom stereocenters. The summed E-state index contributed by atoms with van der Waals surface area (Å²) in [5, 5.41) is 31.4. The first kappa shape index (κ1) is 32.3. The van der Waals surface area contributed by atoms with Crippen molar-refractivity contribution in [1.29, 1.82) is 0 Å². The van der Waals surface area contributed by atoms with Gasteiger partial charge in [-0.15, -0.1) is 0 Å². The van der Waals surface area contributed by atoms with Gasteiger partial charge in [-0.2, -0.15) is 0 Å². The van der Waals surface area contributed by atoms with Crippen LogP contribution < -0.4 is 16.5 Å². The number of carbonyl (C=O) groups is 3. The van der Waals surface area contributed by atoms with Gasteiger partial charge in [0.15, 0.2) is 5.03 Å². The summed E-state index contributed by atoms with van der Waals surface area (Å²) in [4.78, 5) is 50.7. The predicted molar refractivity (Wildman–Crippen MR) is 130 cm³/mol. The average molecular weight is 501 g/mol. The van der Waals surface area contributed by atoms with Crippen LogP contribution >= 0.6 is 0 Å². The summed E-state index contributed by atoms with van der Waals surface area (Å²) in [6, 6.07) is 0. The predicted octanol–water partition coefficient (Wildman–Crippen LogP) is 0.495. The minimum Gasteiger partial charge on any atom is -0.469 e. The third-order valence-corrected chi connectivity index (χ3v) is 5.27. The van der Waals surface area contributed by atoms with Gasteiger partial charge < -0.3 is 25.8 Å². The van der Waals surface area contributed by atoms with E-state index in [1.807, 2.05) is 13.8 Å². The van der Waals surface area contributed by atoms with Crippen LogP contribution in [0.4, 0.5) is 0 Å². The first-order valence-corrected chi connectivity index (χ1v) is 11.9. The van der Waals surface area contributed by atoms with Crippen molar-refractivity contribution in [3.63, 3.8) is 0 Å². The van der Waals surface area contributed by atoms with Gasteiger partial charge in [-0.3, -0.25) is 14.4 Å². The first-order valence-electron chi connectivity index (χ1n) is 11.9. The molecule has 1 amide bonds. The molecule has 13 nitrogen and oxygen atoms in total. The molecular weight excluding hydrogens is 461 g/mol. The maximum Gasteiger partial charge on any atom is 0.475 e. The van der Waals surface area contributed by atoms with Crippen LogP contribution in [0.2, 0.25) is 0 Å². The molecule has 0 aliphatic rings. The van der Waals surface area contributed by atoms with E-state index in [-0.39, 0.29) is 49.4 Å². The lowest BCUT2D eigenvalue weighted by Gasteiger charge is -2.23. The third-order valence-electron chi connectivity index (χ3n) is 5.27. The number of carbonyl (C=O) groups excluding carboxylic acids is 3. The number of nitro groups is 1. The van der Waals surface area contributed by atoms with Gasteiger partial charge in [-0.25, -0.2) is 15.1 Å². The molecule has 0 spiro atoms. The number of ether oxygens (including phenoxy) is 1. The molecule has 0 saturated heterocycles. The van der Waals surface area contributed by atoms with Crippen LogP contribution in [0.25, 0.3) is 0 Å². The van der Waals surface area contributed by atoms with Crippen LogP contribution in [0.15, 0.2) is 4.99 Å². The van der Waals surface area contributed by atoms with E-state index < -0.39 is 29.9 Å². The summed E-state index contributed by atoms with van der Waals surface area (Å²) in [6.07, 6.45) is 4.44. The molecule has 0 rings (SSSR count). The van der Waals surface area contributed by atoms with Gasteiger partial charge in [0.2, 0.25) is 5.91 Å². The number of aliphatic imine (C=N–C) groups is 1. The standard InChI is InChI=1S/C21H40BN5O8/c1-15(2)13-18(22(31)32)25-20(30)16(9-8-12-24-21(23)26-27(33)34)14-17(28)10-6-4-5-7-11-19(29)35-3/h15-16,18,31-32H,4-14H2,1-3H3,(H,25,30)(H3,23,24,26)/t16-,18+/m1/s1. The minimum atomic E-state index is -1.74. The SMILES string of the molecule is COC(=O)CCCCCCC(=O)C[C@@H](CCCN=C(N)N[N+](=O)[O-])C(=O)N[C@@H](CC(C)C)B(O)O. The number of esters is 1. The van der Waals surface area contributed by atoms with Crippen LogP contribution in [0, 0.1) is 22.0 Å². The van der Waals surface area contributed by atoms with Crippen LogP contribution in [-0.4, -0.2) is 65.4 Å². The smallest absolute Gasteiger partial charge is 0.469 e. The van der Waals surface area contributed by atoms with Crippen molar-refractivity contribution in [2.45, 2.75) is 84.0 Å². The molecule has 0 bridgehead atoms. The zero-order valence-electron chi connectivity index (χ0n) is 20.9. The molecular formula is C21H40BN5O8. The highest BCUT2D eigenvalue weighted by Gasteiger charge is 2.29. The summed E-state index contributed by atoms with van der Waals surface area (Å²) in [5.74, 6) is -2.66. The van der Waals surface area contributed by atoms with Crippen LogP contribution in [-0.2, 0) is 19.1 Å². The molecule has 0 aliphatic carbocycles. The van der Waals surface area contributed by atoms with Gasteiger partial charge in [0.25, 0.3) is 5.96 Å². The van der Waals surface area contributed by atoms with Crippen molar-refractivity contribution in [1.82, 2.24) is 10.7 Å². The Morgan fingerprint density at radius 2 is 1.74 bits per heavy atom. The number of nitrogens with one attached hydrogen (secondary N) is 2. The lowest BCUT2D eigenvalue weighted by molar-refractivity contribution is -0.525. The second-order valence-electron chi connectivity index (χ2n) is 8.87. The van der Waals surface area contributed by atoms with Gasteiger partial charge in [-0.1, -0.05) is 32.1 Å². The summed E-state index contributed by atoms with van der Waals surface area (Å²) in [7, 11) is -0.398. The normalized spacial score (nSPS) is 13.1. The number of Topliss-reactive ketones (excluding diaryl/α,β-unsaturated/α-hetero) is 1. The molecule has 0 aliphatic heterocycles. The van der Waals surface area contributed by atoms with Crippen molar-refractivity contribution in [2.75, 3.05) is 13.7 Å². The molecule has 0 fully saturated rings. The lowest BCUT2D eigenvalue weighted by atomic mass is 9.74. The molecule has 6 N–H and O–H groups in total. The molecule has 35 heavy (non-hydrogen) atoms. The fourth-order valence-electron chi connectivity index (χ4n) is 3.48. The highest BCUT2D eigenvalue weighted by molar-refractivity contribution is 6.43. The van der Waals surface area contributed by atoms with Crippen molar-refractivity contribution < 1.29 is 34.2 Å². The maximum atomic E-state index is 12.9. The Morgan fingerprint density at radius 1 is 1.11 bits per heavy atom. The molecule has 200 valence electrons. The van der Waals surface area contributed by atoms with E-state index in [1.54, 1.807) is 5.43 Å². The van der Waals surface area contributed by atoms with Gasteiger partial charge in [0.05, 0.1) is 13.1 Å². The highest BCUT2D eigenvalue weighted by atomic mass is 16.7. The van der Waals surface area contributed by atoms with E-state index in [1.165, 1.54) is 7.11 Å². The minimum absolute atomic E-state index is 0.0176. The van der Waals surface area contributed by atoms with Crippen molar-refractivity contribution in [2.24, 2.45) is 22.6 Å². The zero-order valence-corrected chi connectivity index (χ0v) is 20.9. The number of unbranched alkanes of at least 4 members (excludes halogenated alkanes) is 3. The molecule has 0 heterocycles. The summed E-state index contributed by atoms with van der Waals surface area (Å²) in [5.41, 5.74) is 7.10.